The van der Waals surface area contributed by atoms with Gasteiger partial charge in [-0.3, -0.25) is 10.1 Å². The van der Waals surface area contributed by atoms with Gasteiger partial charge in [-0.15, -0.1) is 0 Å². The number of rotatable bonds is 3. The number of likely N-dealkylation sites (tertiary alicyclic amines) is 1. The Bertz CT molecular complexity index is 439. The van der Waals surface area contributed by atoms with E-state index in [9.17, 15) is 18.0 Å². The number of hydrogen-bond acceptors (Lipinski definition) is 2. The third-order valence-electron chi connectivity index (χ3n) is 5.45. The van der Waals surface area contributed by atoms with E-state index in [-0.39, 0.29) is 11.3 Å². The summed E-state index contributed by atoms with van der Waals surface area (Å²) in [4.78, 5) is 14.5. The summed E-state index contributed by atoms with van der Waals surface area (Å²) in [7, 11) is 0. The van der Waals surface area contributed by atoms with Crippen molar-refractivity contribution in [1.29, 1.82) is 0 Å². The van der Waals surface area contributed by atoms with E-state index < -0.39 is 23.7 Å². The molecule has 0 bridgehead atoms. The van der Waals surface area contributed by atoms with E-state index in [0.717, 1.165) is 6.92 Å². The Kier molecular flexibility index (Phi) is 4.08. The molecular weight excluding hydrogens is 293 g/mol. The summed E-state index contributed by atoms with van der Waals surface area (Å²) in [5, 5.41) is 2.51. The van der Waals surface area contributed by atoms with E-state index in [1.54, 1.807) is 25.7 Å². The lowest BCUT2D eigenvalue weighted by atomic mass is 9.85. The van der Waals surface area contributed by atoms with Crippen molar-refractivity contribution >= 4 is 5.91 Å². The first kappa shape index (κ1) is 17.6. The normalized spacial score (nSPS) is 30.0. The first-order valence-electron chi connectivity index (χ1n) is 7.88. The van der Waals surface area contributed by atoms with Gasteiger partial charge in [-0.1, -0.05) is 34.6 Å². The van der Waals surface area contributed by atoms with Crippen molar-refractivity contribution in [1.82, 2.24) is 10.2 Å². The van der Waals surface area contributed by atoms with E-state index in [4.69, 9.17) is 0 Å². The predicted molar refractivity (Wildman–Crippen MR) is 79.2 cm³/mol. The number of carbonyl (C=O) groups is 1. The van der Waals surface area contributed by atoms with Gasteiger partial charge in [-0.25, -0.2) is 0 Å². The van der Waals surface area contributed by atoms with Crippen LogP contribution < -0.4 is 5.32 Å². The molecule has 1 saturated carbocycles. The van der Waals surface area contributed by atoms with E-state index in [2.05, 4.69) is 19.2 Å². The van der Waals surface area contributed by atoms with Crippen LogP contribution in [0.5, 0.6) is 0 Å². The molecule has 1 amide bonds. The number of hydrogen-bond donors (Lipinski definition) is 1. The number of carbonyl (C=O) groups excluding carboxylic acids is 1. The fourth-order valence-corrected chi connectivity index (χ4v) is 3.53. The summed E-state index contributed by atoms with van der Waals surface area (Å²) in [6.45, 7) is 12.2. The Hall–Kier alpha value is -0.780. The summed E-state index contributed by atoms with van der Waals surface area (Å²) in [6, 6.07) is -2.53. The number of nitrogens with one attached hydrogen (secondary N) is 1. The number of alkyl halides is 3. The van der Waals surface area contributed by atoms with Crippen LogP contribution in [-0.4, -0.2) is 42.2 Å². The van der Waals surface area contributed by atoms with Crippen LogP contribution in [0.3, 0.4) is 0 Å². The predicted octanol–water partition coefficient (Wildman–Crippen LogP) is 3.06. The van der Waals surface area contributed by atoms with Gasteiger partial charge in [0.15, 0.2) is 0 Å². The standard InChI is InChI=1S/C16H27F3N2O/c1-9(16(17,18)19)20-12(14(2,3)4)13(22)21-7-10-11(8-21)15(10,5)6/h9-12,20H,7-8H2,1-6H3. The van der Waals surface area contributed by atoms with E-state index in [1.165, 1.54) is 0 Å². The molecule has 4 atom stereocenters. The molecule has 0 radical (unpaired) electrons. The molecule has 0 aromatic carbocycles. The fraction of sp³-hybridized carbons (Fsp3) is 0.938. The van der Waals surface area contributed by atoms with Gasteiger partial charge in [0.2, 0.25) is 5.91 Å². The minimum atomic E-state index is -4.35. The van der Waals surface area contributed by atoms with Gasteiger partial charge in [0, 0.05) is 13.1 Å². The lowest BCUT2D eigenvalue weighted by molar-refractivity contribution is -0.159. The van der Waals surface area contributed by atoms with Crippen molar-refractivity contribution < 1.29 is 18.0 Å². The third-order valence-corrected chi connectivity index (χ3v) is 5.45. The zero-order valence-electron chi connectivity index (χ0n) is 14.2. The Balaban J connectivity index is 2.06. The smallest absolute Gasteiger partial charge is 0.341 e. The lowest BCUT2D eigenvalue weighted by Crippen LogP contribution is -2.58. The summed E-state index contributed by atoms with van der Waals surface area (Å²) >= 11 is 0. The van der Waals surface area contributed by atoms with Crippen molar-refractivity contribution in [3.63, 3.8) is 0 Å². The highest BCUT2D eigenvalue weighted by molar-refractivity contribution is 5.83. The first-order chi connectivity index (χ1) is 9.76. The average Bonchev–Trinajstić information content (AvgIpc) is 2.75. The van der Waals surface area contributed by atoms with Crippen LogP contribution in [0, 0.1) is 22.7 Å². The molecule has 4 unspecified atom stereocenters. The van der Waals surface area contributed by atoms with Crippen LogP contribution in [0.4, 0.5) is 13.2 Å². The van der Waals surface area contributed by atoms with Crippen LogP contribution >= 0.6 is 0 Å². The number of amides is 1. The Morgan fingerprint density at radius 3 is 2.00 bits per heavy atom. The van der Waals surface area contributed by atoms with E-state index >= 15 is 0 Å². The molecule has 1 heterocycles. The minimum Gasteiger partial charge on any atom is -0.341 e. The average molecular weight is 320 g/mol. The van der Waals surface area contributed by atoms with Crippen molar-refractivity contribution in [3.05, 3.63) is 0 Å². The Morgan fingerprint density at radius 2 is 1.64 bits per heavy atom. The molecule has 0 aromatic rings. The summed E-state index contributed by atoms with van der Waals surface area (Å²) in [6.07, 6.45) is -4.35. The van der Waals surface area contributed by atoms with Gasteiger partial charge >= 0.3 is 6.18 Å². The van der Waals surface area contributed by atoms with Crippen molar-refractivity contribution in [3.8, 4) is 0 Å². The molecule has 22 heavy (non-hydrogen) atoms. The van der Waals surface area contributed by atoms with Gasteiger partial charge in [0.1, 0.15) is 6.04 Å². The second kappa shape index (κ2) is 5.11. The molecule has 0 aromatic heterocycles. The van der Waals surface area contributed by atoms with Gasteiger partial charge < -0.3 is 4.90 Å². The van der Waals surface area contributed by atoms with Crippen molar-refractivity contribution in [2.45, 2.75) is 59.8 Å². The molecule has 1 aliphatic carbocycles. The summed E-state index contributed by atoms with van der Waals surface area (Å²) in [5.41, 5.74) is -0.292. The third kappa shape index (κ3) is 3.12. The maximum absolute atomic E-state index is 12.8. The number of halogens is 3. The second-order valence-corrected chi connectivity index (χ2v) is 8.51. The molecule has 1 N–H and O–H groups in total. The highest BCUT2D eigenvalue weighted by atomic mass is 19.4. The number of nitrogens with zero attached hydrogens (tertiary/aromatic N) is 1. The molecule has 2 fully saturated rings. The highest BCUT2D eigenvalue weighted by Crippen LogP contribution is 2.62. The topological polar surface area (TPSA) is 32.3 Å². The molecule has 3 nitrogen and oxygen atoms in total. The Labute approximate surface area is 130 Å². The van der Waals surface area contributed by atoms with Gasteiger partial charge in [-0.05, 0) is 29.6 Å². The SMILES string of the molecule is CC(NC(C(=O)N1CC2C(C1)C2(C)C)C(C)(C)C)C(F)(F)F. The van der Waals surface area contributed by atoms with Gasteiger partial charge in [-0.2, -0.15) is 13.2 Å². The monoisotopic (exact) mass is 320 g/mol. The second-order valence-electron chi connectivity index (χ2n) is 8.51. The lowest BCUT2D eigenvalue weighted by Gasteiger charge is -2.36. The van der Waals surface area contributed by atoms with Crippen LogP contribution in [0.2, 0.25) is 0 Å². The minimum absolute atomic E-state index is 0.202. The van der Waals surface area contributed by atoms with E-state index in [0.29, 0.717) is 24.9 Å². The van der Waals surface area contributed by atoms with E-state index in [1.807, 2.05) is 0 Å². The quantitative estimate of drug-likeness (QED) is 0.867. The molecular formula is C16H27F3N2O. The van der Waals surface area contributed by atoms with Crippen molar-refractivity contribution in [2.24, 2.45) is 22.7 Å². The number of piperidine rings is 1. The van der Waals surface area contributed by atoms with Gasteiger partial charge in [0.05, 0.1) is 6.04 Å². The largest absolute Gasteiger partial charge is 0.403 e. The Morgan fingerprint density at radius 1 is 1.18 bits per heavy atom. The fourth-order valence-electron chi connectivity index (χ4n) is 3.53. The molecule has 0 spiro atoms. The summed E-state index contributed by atoms with van der Waals surface area (Å²) in [5.74, 6) is 0.792. The van der Waals surface area contributed by atoms with Crippen LogP contribution in [0.25, 0.3) is 0 Å². The molecule has 2 rings (SSSR count). The van der Waals surface area contributed by atoms with Crippen LogP contribution in [0.15, 0.2) is 0 Å². The molecule has 2 aliphatic rings. The molecule has 6 heteroatoms. The van der Waals surface area contributed by atoms with Crippen LogP contribution in [-0.2, 0) is 4.79 Å². The van der Waals surface area contributed by atoms with Crippen molar-refractivity contribution in [2.75, 3.05) is 13.1 Å². The van der Waals surface area contributed by atoms with Gasteiger partial charge in [0.25, 0.3) is 0 Å². The van der Waals surface area contributed by atoms with Crippen LogP contribution in [0.1, 0.15) is 41.5 Å². The zero-order chi connectivity index (χ0) is 17.1. The number of fused-ring (bicyclic) bond motifs is 1. The summed E-state index contributed by atoms with van der Waals surface area (Å²) < 4.78 is 38.5. The molecule has 1 saturated heterocycles. The molecule has 128 valence electrons. The first-order valence-corrected chi connectivity index (χ1v) is 7.88. The maximum Gasteiger partial charge on any atom is 0.403 e. The maximum atomic E-state index is 12.8. The highest BCUT2D eigenvalue weighted by Gasteiger charge is 2.63. The molecule has 1 aliphatic heterocycles. The zero-order valence-corrected chi connectivity index (χ0v) is 14.2.